The molecule has 0 N–H and O–H groups in total. The average Bonchev–Trinajstić information content (AvgIpc) is 2.89. The second kappa shape index (κ2) is 12.1. The molecule has 8 nitrogen and oxygen atoms in total. The van der Waals surface area contributed by atoms with Crippen molar-refractivity contribution in [2.24, 2.45) is 0 Å². The molecule has 0 saturated carbocycles. The van der Waals surface area contributed by atoms with E-state index in [1.165, 1.54) is 5.56 Å². The smallest absolute Gasteiger partial charge is 0.341 e. The van der Waals surface area contributed by atoms with Crippen molar-refractivity contribution in [2.75, 3.05) is 77.5 Å². The third-order valence-corrected chi connectivity index (χ3v) is 6.57. The van der Waals surface area contributed by atoms with E-state index < -0.39 is 0 Å². The molecule has 1 aromatic carbocycles. The summed E-state index contributed by atoms with van der Waals surface area (Å²) in [5.74, 6) is 0.291. The van der Waals surface area contributed by atoms with Gasteiger partial charge < -0.3 is 14.5 Å². The molecular weight excluding hydrogens is 428 g/mol. The first-order valence-electron chi connectivity index (χ1n) is 12.2. The lowest BCUT2D eigenvalue weighted by atomic mass is 10.1. The molecule has 2 aromatic rings. The molecule has 2 aliphatic heterocycles. The molecule has 4 rings (SSSR count). The summed E-state index contributed by atoms with van der Waals surface area (Å²) in [4.78, 5) is 30.5. The van der Waals surface area contributed by atoms with Gasteiger partial charge in [0.15, 0.2) is 0 Å². The highest BCUT2D eigenvalue weighted by atomic mass is 16.5. The SMILES string of the molecule is CCOC(=O)c1cnc(N2CCN(C(C=Cc3ccccc3)CN3CCN(C)CC3)CC2)nc1. The van der Waals surface area contributed by atoms with Crippen molar-refractivity contribution < 1.29 is 9.53 Å². The average molecular weight is 465 g/mol. The van der Waals surface area contributed by atoms with Crippen molar-refractivity contribution in [3.63, 3.8) is 0 Å². The predicted octanol–water partition coefficient (Wildman–Crippen LogP) is 2.10. The van der Waals surface area contributed by atoms with E-state index in [4.69, 9.17) is 4.74 Å². The Morgan fingerprint density at radius 1 is 1.00 bits per heavy atom. The first-order chi connectivity index (χ1) is 16.6. The summed E-state index contributed by atoms with van der Waals surface area (Å²) in [6, 6.07) is 10.9. The zero-order valence-corrected chi connectivity index (χ0v) is 20.3. The normalized spacial score (nSPS) is 19.4. The fraction of sp³-hybridized carbons (Fsp3) is 0.500. The third-order valence-electron chi connectivity index (χ3n) is 6.57. The molecule has 0 radical (unpaired) electrons. The minimum absolute atomic E-state index is 0.344. The topological polar surface area (TPSA) is 65.0 Å². The number of benzene rings is 1. The van der Waals surface area contributed by atoms with Crippen molar-refractivity contribution in [3.8, 4) is 0 Å². The Morgan fingerprint density at radius 2 is 1.68 bits per heavy atom. The minimum Gasteiger partial charge on any atom is -0.462 e. The number of hydrogen-bond donors (Lipinski definition) is 0. The molecule has 2 fully saturated rings. The second-order valence-electron chi connectivity index (χ2n) is 8.96. The second-order valence-corrected chi connectivity index (χ2v) is 8.96. The molecule has 2 saturated heterocycles. The van der Waals surface area contributed by atoms with Gasteiger partial charge in [0.05, 0.1) is 12.2 Å². The van der Waals surface area contributed by atoms with Crippen LogP contribution in [0.3, 0.4) is 0 Å². The number of anilines is 1. The van der Waals surface area contributed by atoms with E-state index in [-0.39, 0.29) is 5.97 Å². The molecule has 0 amide bonds. The van der Waals surface area contributed by atoms with Gasteiger partial charge in [0.2, 0.25) is 5.95 Å². The number of piperazine rings is 2. The quantitative estimate of drug-likeness (QED) is 0.551. The Balaban J connectivity index is 1.38. The third kappa shape index (κ3) is 6.62. The summed E-state index contributed by atoms with van der Waals surface area (Å²) in [7, 11) is 2.20. The first-order valence-corrected chi connectivity index (χ1v) is 12.2. The lowest BCUT2D eigenvalue weighted by Gasteiger charge is -2.41. The van der Waals surface area contributed by atoms with Crippen molar-refractivity contribution in [1.29, 1.82) is 0 Å². The summed E-state index contributed by atoms with van der Waals surface area (Å²) >= 11 is 0. The zero-order chi connectivity index (χ0) is 23.8. The predicted molar refractivity (Wildman–Crippen MR) is 135 cm³/mol. The van der Waals surface area contributed by atoms with Gasteiger partial charge >= 0.3 is 5.97 Å². The van der Waals surface area contributed by atoms with Crippen LogP contribution in [0.15, 0.2) is 48.8 Å². The number of likely N-dealkylation sites (N-methyl/N-ethyl adjacent to an activating group) is 1. The summed E-state index contributed by atoms with van der Waals surface area (Å²) in [5.41, 5.74) is 1.63. The Bertz CT molecular complexity index is 920. The fourth-order valence-electron chi connectivity index (χ4n) is 4.44. The molecule has 2 aliphatic rings. The first kappa shape index (κ1) is 24.3. The molecule has 8 heteroatoms. The van der Waals surface area contributed by atoms with Gasteiger partial charge in [-0.25, -0.2) is 14.8 Å². The maximum Gasteiger partial charge on any atom is 0.341 e. The van der Waals surface area contributed by atoms with Crippen LogP contribution in [0.2, 0.25) is 0 Å². The van der Waals surface area contributed by atoms with Gasteiger partial charge in [0.25, 0.3) is 0 Å². The number of esters is 1. The minimum atomic E-state index is -0.379. The number of hydrogen-bond acceptors (Lipinski definition) is 8. The Hall–Kier alpha value is -2.81. The molecule has 0 bridgehead atoms. The zero-order valence-electron chi connectivity index (χ0n) is 20.3. The van der Waals surface area contributed by atoms with Crippen LogP contribution >= 0.6 is 0 Å². The highest BCUT2D eigenvalue weighted by Crippen LogP contribution is 2.16. The van der Waals surface area contributed by atoms with E-state index in [1.54, 1.807) is 19.3 Å². The maximum absolute atomic E-state index is 11.9. The lowest BCUT2D eigenvalue weighted by Crippen LogP contribution is -2.55. The van der Waals surface area contributed by atoms with Gasteiger partial charge in [-0.2, -0.15) is 0 Å². The van der Waals surface area contributed by atoms with Crippen LogP contribution in [0, 0.1) is 0 Å². The lowest BCUT2D eigenvalue weighted by molar-refractivity contribution is 0.0525. The largest absolute Gasteiger partial charge is 0.462 e. The van der Waals surface area contributed by atoms with E-state index in [0.717, 1.165) is 58.9 Å². The van der Waals surface area contributed by atoms with Crippen LogP contribution in [0.1, 0.15) is 22.8 Å². The van der Waals surface area contributed by atoms with E-state index in [9.17, 15) is 4.79 Å². The monoisotopic (exact) mass is 464 g/mol. The molecule has 1 aromatic heterocycles. The number of carbonyl (C=O) groups is 1. The molecule has 0 spiro atoms. The van der Waals surface area contributed by atoms with Crippen LogP contribution in [0.25, 0.3) is 6.08 Å². The van der Waals surface area contributed by atoms with Gasteiger partial charge in [-0.3, -0.25) is 9.80 Å². The molecule has 1 unspecified atom stereocenters. The Morgan fingerprint density at radius 3 is 2.32 bits per heavy atom. The van der Waals surface area contributed by atoms with Gasteiger partial charge in [-0.15, -0.1) is 0 Å². The van der Waals surface area contributed by atoms with Crippen LogP contribution in [0.5, 0.6) is 0 Å². The summed E-state index contributed by atoms with van der Waals surface area (Å²) in [5, 5.41) is 0. The van der Waals surface area contributed by atoms with E-state index >= 15 is 0 Å². The molecular formula is C26H36N6O2. The van der Waals surface area contributed by atoms with E-state index in [2.05, 4.69) is 79.1 Å². The van der Waals surface area contributed by atoms with Crippen molar-refractivity contribution in [2.45, 2.75) is 13.0 Å². The highest BCUT2D eigenvalue weighted by molar-refractivity contribution is 5.88. The number of rotatable bonds is 8. The van der Waals surface area contributed by atoms with Gasteiger partial charge in [-0.05, 0) is 19.5 Å². The Kier molecular flexibility index (Phi) is 8.62. The number of ether oxygens (including phenoxy) is 1. The number of aromatic nitrogens is 2. The van der Waals surface area contributed by atoms with Gasteiger partial charge in [0, 0.05) is 77.3 Å². The van der Waals surface area contributed by atoms with Crippen molar-refractivity contribution in [3.05, 3.63) is 59.9 Å². The van der Waals surface area contributed by atoms with Crippen LogP contribution < -0.4 is 4.90 Å². The van der Waals surface area contributed by atoms with E-state index in [0.29, 0.717) is 24.2 Å². The van der Waals surface area contributed by atoms with E-state index in [1.807, 2.05) is 0 Å². The number of nitrogens with zero attached hydrogens (tertiary/aromatic N) is 6. The van der Waals surface area contributed by atoms with Crippen LogP contribution in [-0.2, 0) is 4.74 Å². The van der Waals surface area contributed by atoms with Crippen molar-refractivity contribution >= 4 is 18.0 Å². The number of carbonyl (C=O) groups excluding carboxylic acids is 1. The molecule has 34 heavy (non-hydrogen) atoms. The maximum atomic E-state index is 11.9. The molecule has 0 aliphatic carbocycles. The van der Waals surface area contributed by atoms with Gasteiger partial charge in [0.1, 0.15) is 0 Å². The van der Waals surface area contributed by atoms with Gasteiger partial charge in [-0.1, -0.05) is 42.5 Å². The van der Waals surface area contributed by atoms with Crippen LogP contribution in [0.4, 0.5) is 5.95 Å². The summed E-state index contributed by atoms with van der Waals surface area (Å²) < 4.78 is 5.02. The van der Waals surface area contributed by atoms with Crippen LogP contribution in [-0.4, -0.2) is 109 Å². The fourth-order valence-corrected chi connectivity index (χ4v) is 4.44. The summed E-state index contributed by atoms with van der Waals surface area (Å²) in [6.07, 6.45) is 7.75. The van der Waals surface area contributed by atoms with Crippen molar-refractivity contribution in [1.82, 2.24) is 24.7 Å². The Labute approximate surface area is 202 Å². The summed E-state index contributed by atoms with van der Waals surface area (Å²) in [6.45, 7) is 11.3. The molecule has 182 valence electrons. The standard InChI is InChI=1S/C26H36N6O2/c1-3-34-25(33)23-19-27-26(28-20-23)32-17-15-31(16-18-32)24(10-9-22-7-5-4-6-8-22)21-30-13-11-29(2)12-14-30/h4-10,19-20,24H,3,11-18,21H2,1-2H3. The molecule has 1 atom stereocenters. The molecule has 3 heterocycles. The highest BCUT2D eigenvalue weighted by Gasteiger charge is 2.26.